The van der Waals surface area contributed by atoms with Crippen LogP contribution < -0.4 is 0 Å². The molecule has 4 nitrogen and oxygen atoms in total. The zero-order chi connectivity index (χ0) is 15.1. The van der Waals surface area contributed by atoms with Crippen molar-refractivity contribution in [2.24, 2.45) is 11.3 Å². The van der Waals surface area contributed by atoms with Gasteiger partial charge in [0, 0.05) is 11.3 Å². The third-order valence-corrected chi connectivity index (χ3v) is 4.89. The van der Waals surface area contributed by atoms with Crippen LogP contribution in [0.4, 0.5) is 0 Å². The highest BCUT2D eigenvalue weighted by Crippen LogP contribution is 2.39. The zero-order valence-electron chi connectivity index (χ0n) is 12.8. The molecule has 5 heteroatoms. The molecule has 1 fully saturated rings. The number of carbonyl (C=O) groups is 2. The number of amides is 2. The molecule has 0 saturated carbocycles. The number of hydrogen-bond acceptors (Lipinski definition) is 4. The van der Waals surface area contributed by atoms with Gasteiger partial charge in [0.1, 0.15) is 5.01 Å². The summed E-state index contributed by atoms with van der Waals surface area (Å²) < 4.78 is 0. The van der Waals surface area contributed by atoms with Gasteiger partial charge in [-0.2, -0.15) is 0 Å². The van der Waals surface area contributed by atoms with Gasteiger partial charge in [-0.1, -0.05) is 20.8 Å². The number of likely N-dealkylation sites (tertiary alicyclic amines) is 1. The van der Waals surface area contributed by atoms with Gasteiger partial charge in [-0.15, -0.1) is 11.3 Å². The van der Waals surface area contributed by atoms with Crippen molar-refractivity contribution in [3.05, 3.63) is 15.6 Å². The second kappa shape index (κ2) is 5.28. The molecule has 1 aliphatic heterocycles. The minimum Gasteiger partial charge on any atom is -0.275 e. The number of aromatic nitrogens is 1. The first-order valence-electron chi connectivity index (χ1n) is 7.00. The Morgan fingerprint density at radius 3 is 2.50 bits per heavy atom. The molecular weight excluding hydrogens is 272 g/mol. The van der Waals surface area contributed by atoms with Gasteiger partial charge < -0.3 is 0 Å². The molecule has 20 heavy (non-hydrogen) atoms. The summed E-state index contributed by atoms with van der Waals surface area (Å²) in [6, 6.07) is 0. The van der Waals surface area contributed by atoms with Crippen molar-refractivity contribution in [1.82, 2.24) is 9.88 Å². The van der Waals surface area contributed by atoms with Crippen molar-refractivity contribution in [3.8, 4) is 0 Å². The second-order valence-corrected chi connectivity index (χ2v) is 7.66. The summed E-state index contributed by atoms with van der Waals surface area (Å²) in [6.07, 6.45) is 1.08. The van der Waals surface area contributed by atoms with E-state index in [0.717, 1.165) is 22.0 Å². The van der Waals surface area contributed by atoms with E-state index in [-0.39, 0.29) is 11.8 Å². The van der Waals surface area contributed by atoms with E-state index in [0.29, 0.717) is 18.9 Å². The van der Waals surface area contributed by atoms with E-state index < -0.39 is 5.41 Å². The smallest absolute Gasteiger partial charge is 0.236 e. The summed E-state index contributed by atoms with van der Waals surface area (Å²) in [5.41, 5.74) is 0.445. The number of rotatable bonds is 4. The molecule has 1 atom stereocenters. The Kier molecular flexibility index (Phi) is 4.00. The molecule has 110 valence electrons. The Morgan fingerprint density at radius 1 is 1.35 bits per heavy atom. The van der Waals surface area contributed by atoms with Crippen LogP contribution in [0.5, 0.6) is 0 Å². The predicted octanol–water partition coefficient (Wildman–Crippen LogP) is 3.07. The van der Waals surface area contributed by atoms with E-state index >= 15 is 0 Å². The lowest BCUT2D eigenvalue weighted by Crippen LogP contribution is -2.34. The molecule has 2 heterocycles. The van der Waals surface area contributed by atoms with Crippen LogP contribution in [-0.2, 0) is 16.1 Å². The van der Waals surface area contributed by atoms with Crippen LogP contribution in [0.2, 0.25) is 0 Å². The summed E-state index contributed by atoms with van der Waals surface area (Å²) in [6.45, 7) is 10.4. The number of hydrogen-bond donors (Lipinski definition) is 0. The van der Waals surface area contributed by atoms with Crippen LogP contribution in [0, 0.1) is 25.2 Å². The summed E-state index contributed by atoms with van der Waals surface area (Å²) in [5, 5.41) is 0.843. The maximum atomic E-state index is 12.6. The first-order chi connectivity index (χ1) is 9.23. The highest BCUT2D eigenvalue weighted by Gasteiger charge is 2.48. The Labute approximate surface area is 124 Å². The summed E-state index contributed by atoms with van der Waals surface area (Å²) >= 11 is 1.56. The zero-order valence-corrected chi connectivity index (χ0v) is 13.6. The molecule has 0 spiro atoms. The van der Waals surface area contributed by atoms with Gasteiger partial charge in [-0.3, -0.25) is 14.5 Å². The van der Waals surface area contributed by atoms with Gasteiger partial charge in [0.25, 0.3) is 0 Å². The first kappa shape index (κ1) is 15.2. The van der Waals surface area contributed by atoms with E-state index in [4.69, 9.17) is 0 Å². The van der Waals surface area contributed by atoms with E-state index in [9.17, 15) is 9.59 Å². The molecule has 1 aromatic rings. The highest BCUT2D eigenvalue weighted by atomic mass is 32.1. The van der Waals surface area contributed by atoms with Crippen molar-refractivity contribution < 1.29 is 9.59 Å². The third kappa shape index (κ3) is 2.77. The van der Waals surface area contributed by atoms with Crippen LogP contribution in [0.25, 0.3) is 0 Å². The molecule has 0 bridgehead atoms. The van der Waals surface area contributed by atoms with E-state index in [2.05, 4.69) is 18.8 Å². The lowest BCUT2D eigenvalue weighted by Gasteiger charge is -2.23. The van der Waals surface area contributed by atoms with Gasteiger partial charge in [-0.05, 0) is 26.2 Å². The van der Waals surface area contributed by atoms with E-state index in [1.807, 2.05) is 20.8 Å². The van der Waals surface area contributed by atoms with Gasteiger partial charge >= 0.3 is 0 Å². The van der Waals surface area contributed by atoms with Gasteiger partial charge in [0.2, 0.25) is 11.8 Å². The summed E-state index contributed by atoms with van der Waals surface area (Å²) in [4.78, 5) is 31.7. The van der Waals surface area contributed by atoms with Crippen molar-refractivity contribution in [1.29, 1.82) is 0 Å². The molecule has 1 saturated heterocycles. The molecule has 2 amide bonds. The minimum atomic E-state index is -0.535. The van der Waals surface area contributed by atoms with Gasteiger partial charge in [0.15, 0.2) is 0 Å². The quantitative estimate of drug-likeness (QED) is 0.802. The Hall–Kier alpha value is -1.23. The monoisotopic (exact) mass is 294 g/mol. The van der Waals surface area contributed by atoms with Crippen molar-refractivity contribution in [3.63, 3.8) is 0 Å². The normalized spacial score (nSPS) is 23.2. The highest BCUT2D eigenvalue weighted by molar-refractivity contribution is 7.11. The van der Waals surface area contributed by atoms with E-state index in [1.165, 1.54) is 4.90 Å². The van der Waals surface area contributed by atoms with Gasteiger partial charge in [-0.25, -0.2) is 4.98 Å². The SMILES string of the molecule is Cc1nc(CN2C(=O)C[C@@](C)(CC(C)C)C2=O)sc1C. The molecule has 0 radical (unpaired) electrons. The van der Waals surface area contributed by atoms with E-state index in [1.54, 1.807) is 11.3 Å². The maximum Gasteiger partial charge on any atom is 0.236 e. The van der Waals surface area contributed by atoms with Crippen LogP contribution in [0.15, 0.2) is 0 Å². The van der Waals surface area contributed by atoms with Crippen molar-refractivity contribution in [2.75, 3.05) is 0 Å². The number of imide groups is 1. The number of nitrogens with zero attached hydrogens (tertiary/aromatic N) is 2. The molecule has 2 rings (SSSR count). The van der Waals surface area contributed by atoms with Gasteiger partial charge in [0.05, 0.1) is 17.7 Å². The average Bonchev–Trinajstić information content (AvgIpc) is 2.71. The molecule has 0 aliphatic carbocycles. The number of carbonyl (C=O) groups excluding carboxylic acids is 2. The molecule has 0 unspecified atom stereocenters. The fourth-order valence-electron chi connectivity index (χ4n) is 2.91. The summed E-state index contributed by atoms with van der Waals surface area (Å²) in [7, 11) is 0. The Morgan fingerprint density at radius 2 is 2.00 bits per heavy atom. The fraction of sp³-hybridized carbons (Fsp3) is 0.667. The van der Waals surface area contributed by atoms with Crippen LogP contribution in [0.3, 0.4) is 0 Å². The van der Waals surface area contributed by atoms with Crippen LogP contribution in [0.1, 0.15) is 49.2 Å². The molecule has 0 aromatic carbocycles. The maximum absolute atomic E-state index is 12.6. The fourth-order valence-corrected chi connectivity index (χ4v) is 3.83. The lowest BCUT2D eigenvalue weighted by molar-refractivity contribution is -0.142. The molecule has 1 aliphatic rings. The average molecular weight is 294 g/mol. The van der Waals surface area contributed by atoms with Crippen molar-refractivity contribution in [2.45, 2.75) is 54.0 Å². The largest absolute Gasteiger partial charge is 0.275 e. The Bertz CT molecular complexity index is 531. The topological polar surface area (TPSA) is 50.3 Å². The van der Waals surface area contributed by atoms with Crippen LogP contribution in [-0.4, -0.2) is 21.7 Å². The Balaban J connectivity index is 2.17. The molecular formula is C15H22N2O2S. The standard InChI is InChI=1S/C15H22N2O2S/c1-9(2)6-15(5)7-13(18)17(14(15)19)8-12-16-10(3)11(4)20-12/h9H,6-8H2,1-5H3/t15-/m1/s1. The second-order valence-electron chi connectivity index (χ2n) is 6.37. The minimum absolute atomic E-state index is 0.0401. The van der Waals surface area contributed by atoms with Crippen LogP contribution >= 0.6 is 11.3 Å². The summed E-state index contributed by atoms with van der Waals surface area (Å²) in [5.74, 6) is 0.298. The predicted molar refractivity (Wildman–Crippen MR) is 79.3 cm³/mol. The number of aryl methyl sites for hydroxylation is 2. The lowest BCUT2D eigenvalue weighted by atomic mass is 9.80. The first-order valence-corrected chi connectivity index (χ1v) is 7.82. The third-order valence-electron chi connectivity index (χ3n) is 3.83. The van der Waals surface area contributed by atoms with Crippen molar-refractivity contribution >= 4 is 23.2 Å². The molecule has 0 N–H and O–H groups in total. The number of thiazole rings is 1. The molecule has 1 aromatic heterocycles.